The Bertz CT molecular complexity index is 957. The van der Waals surface area contributed by atoms with E-state index in [0.29, 0.717) is 17.1 Å². The van der Waals surface area contributed by atoms with Gasteiger partial charge in [-0.15, -0.1) is 6.58 Å². The van der Waals surface area contributed by atoms with E-state index in [-0.39, 0.29) is 28.2 Å². The number of aromatic carboxylic acids is 1. The number of carbonyl (C=O) groups excluding carboxylic acids is 2. The van der Waals surface area contributed by atoms with Crippen LogP contribution in [0.25, 0.3) is 17.4 Å². The van der Waals surface area contributed by atoms with Crippen LogP contribution in [0.2, 0.25) is 0 Å². The predicted octanol–water partition coefficient (Wildman–Crippen LogP) is 4.18. The van der Waals surface area contributed by atoms with Gasteiger partial charge in [0.05, 0.1) is 10.5 Å². The Balaban J connectivity index is 1.91. The Morgan fingerprint density at radius 3 is 2.77 bits per heavy atom. The molecule has 1 aromatic heterocycles. The van der Waals surface area contributed by atoms with Crippen molar-refractivity contribution in [2.24, 2.45) is 0 Å². The van der Waals surface area contributed by atoms with Crippen LogP contribution < -0.4 is 0 Å². The fourth-order valence-corrected chi connectivity index (χ4v) is 3.34. The number of amides is 2. The number of hydrogen-bond acceptors (Lipinski definition) is 5. The number of furan rings is 1. The largest absolute Gasteiger partial charge is 0.478 e. The minimum atomic E-state index is -1.02. The number of imide groups is 1. The maximum Gasteiger partial charge on any atom is 0.335 e. The van der Waals surface area contributed by atoms with Crippen LogP contribution >= 0.6 is 11.8 Å². The minimum Gasteiger partial charge on any atom is -0.478 e. The van der Waals surface area contributed by atoms with Gasteiger partial charge in [-0.3, -0.25) is 14.5 Å². The lowest BCUT2D eigenvalue weighted by atomic mass is 10.0. The molecule has 1 aliphatic rings. The fourth-order valence-electron chi connectivity index (χ4n) is 2.51. The monoisotopic (exact) mass is 369 g/mol. The van der Waals surface area contributed by atoms with Gasteiger partial charge in [0, 0.05) is 18.2 Å². The maximum absolute atomic E-state index is 12.2. The molecule has 1 aromatic carbocycles. The molecule has 6 nitrogen and oxygen atoms in total. The average Bonchev–Trinajstić information content (AvgIpc) is 3.16. The Morgan fingerprint density at radius 1 is 1.31 bits per heavy atom. The highest BCUT2D eigenvalue weighted by atomic mass is 32.2. The van der Waals surface area contributed by atoms with Crippen LogP contribution in [0.15, 0.2) is 52.3 Å². The highest BCUT2D eigenvalue weighted by Gasteiger charge is 2.34. The van der Waals surface area contributed by atoms with Crippen molar-refractivity contribution in [3.63, 3.8) is 0 Å². The van der Waals surface area contributed by atoms with E-state index in [4.69, 9.17) is 9.52 Å². The smallest absolute Gasteiger partial charge is 0.335 e. The summed E-state index contributed by atoms with van der Waals surface area (Å²) in [5.41, 5.74) is 1.68. The number of carbonyl (C=O) groups is 3. The van der Waals surface area contributed by atoms with Crippen LogP contribution in [0.5, 0.6) is 0 Å². The normalized spacial score (nSPS) is 15.7. The first-order valence-corrected chi connectivity index (χ1v) is 8.52. The molecule has 2 aromatic rings. The van der Waals surface area contributed by atoms with Gasteiger partial charge >= 0.3 is 5.97 Å². The Kier molecular flexibility index (Phi) is 4.81. The molecule has 2 heterocycles. The molecular formula is C19H15NO5S. The van der Waals surface area contributed by atoms with Crippen molar-refractivity contribution >= 4 is 35.0 Å². The third-order valence-electron chi connectivity index (χ3n) is 3.84. The number of nitrogens with zero attached hydrogens (tertiary/aromatic N) is 1. The first-order valence-electron chi connectivity index (χ1n) is 7.71. The van der Waals surface area contributed by atoms with Gasteiger partial charge in [0.25, 0.3) is 11.1 Å². The van der Waals surface area contributed by atoms with E-state index in [1.54, 1.807) is 18.2 Å². The molecule has 0 radical (unpaired) electrons. The van der Waals surface area contributed by atoms with Gasteiger partial charge in [-0.2, -0.15) is 0 Å². The molecule has 0 unspecified atom stereocenters. The molecule has 132 valence electrons. The van der Waals surface area contributed by atoms with Gasteiger partial charge in [-0.25, -0.2) is 4.79 Å². The molecule has 0 bridgehead atoms. The number of aryl methyl sites for hydroxylation is 1. The first-order chi connectivity index (χ1) is 12.4. The molecule has 0 atom stereocenters. The summed E-state index contributed by atoms with van der Waals surface area (Å²) >= 11 is 0.844. The van der Waals surface area contributed by atoms with E-state index in [2.05, 4.69) is 6.58 Å². The summed E-state index contributed by atoms with van der Waals surface area (Å²) in [4.78, 5) is 36.6. The fraction of sp³-hybridized carbons (Fsp3) is 0.105. The highest BCUT2D eigenvalue weighted by molar-refractivity contribution is 8.18. The van der Waals surface area contributed by atoms with E-state index < -0.39 is 5.97 Å². The van der Waals surface area contributed by atoms with Gasteiger partial charge < -0.3 is 9.52 Å². The summed E-state index contributed by atoms with van der Waals surface area (Å²) in [6.45, 7) is 5.54. The van der Waals surface area contributed by atoms with Crippen molar-refractivity contribution in [1.82, 2.24) is 4.90 Å². The van der Waals surface area contributed by atoms with Crippen LogP contribution in [0, 0.1) is 6.92 Å². The lowest BCUT2D eigenvalue weighted by molar-refractivity contribution is -0.122. The zero-order valence-electron chi connectivity index (χ0n) is 13.9. The maximum atomic E-state index is 12.2. The number of carboxylic acids is 1. The van der Waals surface area contributed by atoms with E-state index >= 15 is 0 Å². The number of rotatable bonds is 5. The molecule has 0 saturated carbocycles. The molecular weight excluding hydrogens is 354 g/mol. The van der Waals surface area contributed by atoms with Crippen molar-refractivity contribution in [3.8, 4) is 11.3 Å². The molecule has 1 aliphatic heterocycles. The Morgan fingerprint density at radius 2 is 2.08 bits per heavy atom. The van der Waals surface area contributed by atoms with Gasteiger partial charge in [0.2, 0.25) is 0 Å². The average molecular weight is 369 g/mol. The minimum absolute atomic E-state index is 0.159. The molecule has 1 fully saturated rings. The highest BCUT2D eigenvalue weighted by Crippen LogP contribution is 2.33. The summed E-state index contributed by atoms with van der Waals surface area (Å²) in [6.07, 6.45) is 3.00. The van der Waals surface area contributed by atoms with Crippen LogP contribution in [-0.2, 0) is 4.79 Å². The SMILES string of the molecule is C=CCN1C(=O)SC(=Cc2ccc(-c3cc(C(=O)O)ccc3C)o2)C1=O. The summed E-state index contributed by atoms with van der Waals surface area (Å²) in [6, 6.07) is 8.15. The van der Waals surface area contributed by atoms with Gasteiger partial charge in [-0.1, -0.05) is 12.1 Å². The van der Waals surface area contributed by atoms with Crippen molar-refractivity contribution in [3.05, 3.63) is 64.8 Å². The summed E-state index contributed by atoms with van der Waals surface area (Å²) in [5, 5.41) is 8.79. The second-order valence-electron chi connectivity index (χ2n) is 5.62. The molecule has 2 amide bonds. The number of hydrogen-bond donors (Lipinski definition) is 1. The van der Waals surface area contributed by atoms with Gasteiger partial charge in [-0.05, 0) is 48.5 Å². The van der Waals surface area contributed by atoms with Gasteiger partial charge in [0.1, 0.15) is 11.5 Å². The molecule has 1 saturated heterocycles. The van der Waals surface area contributed by atoms with E-state index in [1.165, 1.54) is 24.3 Å². The van der Waals surface area contributed by atoms with Crippen LogP contribution in [0.1, 0.15) is 21.7 Å². The molecule has 3 rings (SSSR count). The topological polar surface area (TPSA) is 87.8 Å². The summed E-state index contributed by atoms with van der Waals surface area (Å²) in [7, 11) is 0. The standard InChI is InChI=1S/C19H15NO5S/c1-3-8-20-17(21)16(26-19(20)24)10-13-6-7-15(25-13)14-9-12(18(22)23)5-4-11(14)2/h3-7,9-10H,1,8H2,2H3,(H,22,23). The number of carboxylic acid groups (broad SMARTS) is 1. The van der Waals surface area contributed by atoms with Crippen molar-refractivity contribution in [2.45, 2.75) is 6.92 Å². The van der Waals surface area contributed by atoms with Crippen LogP contribution in [0.3, 0.4) is 0 Å². The second-order valence-corrected chi connectivity index (χ2v) is 6.61. The van der Waals surface area contributed by atoms with Crippen molar-refractivity contribution in [2.75, 3.05) is 6.54 Å². The zero-order valence-corrected chi connectivity index (χ0v) is 14.7. The number of benzene rings is 1. The van der Waals surface area contributed by atoms with Crippen molar-refractivity contribution in [1.29, 1.82) is 0 Å². The molecule has 0 spiro atoms. The van der Waals surface area contributed by atoms with Crippen LogP contribution in [0.4, 0.5) is 4.79 Å². The lowest BCUT2D eigenvalue weighted by Crippen LogP contribution is -2.27. The molecule has 26 heavy (non-hydrogen) atoms. The predicted molar refractivity (Wildman–Crippen MR) is 98.7 cm³/mol. The Hall–Kier alpha value is -3.06. The summed E-state index contributed by atoms with van der Waals surface area (Å²) < 4.78 is 5.74. The lowest BCUT2D eigenvalue weighted by Gasteiger charge is -2.07. The van der Waals surface area contributed by atoms with Crippen LogP contribution in [-0.4, -0.2) is 33.7 Å². The third-order valence-corrected chi connectivity index (χ3v) is 4.74. The molecule has 1 N–H and O–H groups in total. The van der Waals surface area contributed by atoms with Gasteiger partial charge in [0.15, 0.2) is 0 Å². The Labute approximate surface area is 153 Å². The first kappa shape index (κ1) is 17.8. The molecule has 7 heteroatoms. The summed E-state index contributed by atoms with van der Waals surface area (Å²) in [5.74, 6) is -0.512. The van der Waals surface area contributed by atoms with E-state index in [1.807, 2.05) is 6.92 Å². The zero-order chi connectivity index (χ0) is 18.8. The molecule has 0 aliphatic carbocycles. The van der Waals surface area contributed by atoms with E-state index in [9.17, 15) is 14.4 Å². The second kappa shape index (κ2) is 7.05. The quantitative estimate of drug-likeness (QED) is 0.628. The number of thioether (sulfide) groups is 1. The van der Waals surface area contributed by atoms with E-state index in [0.717, 1.165) is 22.2 Å². The van der Waals surface area contributed by atoms with Crippen molar-refractivity contribution < 1.29 is 23.9 Å². The third kappa shape index (κ3) is 3.34.